The first kappa shape index (κ1) is 16.6. The first-order valence-corrected chi connectivity index (χ1v) is 6.86. The van der Waals surface area contributed by atoms with Crippen LogP contribution >= 0.6 is 0 Å². The zero-order valence-electron chi connectivity index (χ0n) is 12.7. The topological polar surface area (TPSA) is 55.4 Å². The van der Waals surface area contributed by atoms with Crippen LogP contribution in [0.2, 0.25) is 0 Å². The number of ether oxygens (including phenoxy) is 1. The molecule has 4 nitrogen and oxygen atoms in total. The molecule has 2 rings (SSSR count). The predicted octanol–water partition coefficient (Wildman–Crippen LogP) is 3.38. The number of carbonyl (C=O) groups is 2. The van der Waals surface area contributed by atoms with Gasteiger partial charge in [-0.1, -0.05) is 17.7 Å². The Balaban J connectivity index is 1.96. The van der Waals surface area contributed by atoms with Gasteiger partial charge in [0, 0.05) is 6.07 Å². The van der Waals surface area contributed by atoms with Gasteiger partial charge < -0.3 is 10.1 Å². The van der Waals surface area contributed by atoms with Crippen LogP contribution in [0.1, 0.15) is 21.5 Å². The largest absolute Gasteiger partial charge is 0.452 e. The molecule has 0 saturated heterocycles. The van der Waals surface area contributed by atoms with E-state index >= 15 is 0 Å². The van der Waals surface area contributed by atoms with Crippen LogP contribution in [0.4, 0.5) is 14.5 Å². The fourth-order valence-corrected chi connectivity index (χ4v) is 2.03. The number of carbonyl (C=O) groups excluding carboxylic acids is 2. The summed E-state index contributed by atoms with van der Waals surface area (Å²) in [6, 6.07) is 7.86. The molecule has 0 aliphatic heterocycles. The highest BCUT2D eigenvalue weighted by molar-refractivity contribution is 5.96. The van der Waals surface area contributed by atoms with Crippen LogP contribution < -0.4 is 5.32 Å². The van der Waals surface area contributed by atoms with E-state index in [4.69, 9.17) is 4.74 Å². The number of benzene rings is 2. The molecule has 0 saturated carbocycles. The maximum atomic E-state index is 13.4. The summed E-state index contributed by atoms with van der Waals surface area (Å²) in [5.74, 6) is -2.88. The molecule has 0 aliphatic carbocycles. The number of halogens is 2. The number of amides is 1. The van der Waals surface area contributed by atoms with Crippen LogP contribution in [-0.4, -0.2) is 18.5 Å². The summed E-state index contributed by atoms with van der Waals surface area (Å²) < 4.78 is 31.3. The van der Waals surface area contributed by atoms with Gasteiger partial charge in [0.05, 0.1) is 11.3 Å². The van der Waals surface area contributed by atoms with Gasteiger partial charge >= 0.3 is 5.97 Å². The molecule has 0 spiro atoms. The van der Waals surface area contributed by atoms with Crippen molar-refractivity contribution < 1.29 is 23.1 Å². The molecule has 2 aromatic rings. The zero-order chi connectivity index (χ0) is 17.0. The highest BCUT2D eigenvalue weighted by atomic mass is 19.1. The minimum absolute atomic E-state index is 0.308. The predicted molar refractivity (Wildman–Crippen MR) is 81.2 cm³/mol. The molecule has 1 N–H and O–H groups in total. The molecule has 0 aromatic heterocycles. The number of aryl methyl sites for hydroxylation is 2. The van der Waals surface area contributed by atoms with Crippen molar-refractivity contribution in [3.8, 4) is 0 Å². The molecular weight excluding hydrogens is 304 g/mol. The molecule has 2 aromatic carbocycles. The standard InChI is InChI=1S/C17H15F2NO3/c1-10-3-5-13(11(2)7-10)17(22)23-9-16(21)20-15-8-12(18)4-6-14(15)19/h3-8H,9H2,1-2H3,(H,20,21). The highest BCUT2D eigenvalue weighted by Gasteiger charge is 2.14. The van der Waals surface area contributed by atoms with Gasteiger partial charge in [-0.25, -0.2) is 13.6 Å². The Kier molecular flexibility index (Phi) is 5.05. The van der Waals surface area contributed by atoms with Crippen LogP contribution in [0.25, 0.3) is 0 Å². The Hall–Kier alpha value is -2.76. The van der Waals surface area contributed by atoms with Crippen LogP contribution in [0.5, 0.6) is 0 Å². The van der Waals surface area contributed by atoms with Gasteiger partial charge in [0.2, 0.25) is 0 Å². The summed E-state index contributed by atoms with van der Waals surface area (Å²) in [5, 5.41) is 2.15. The monoisotopic (exact) mass is 319 g/mol. The molecule has 0 unspecified atom stereocenters. The fraction of sp³-hybridized carbons (Fsp3) is 0.176. The van der Waals surface area contributed by atoms with Crippen molar-refractivity contribution in [3.63, 3.8) is 0 Å². The number of nitrogens with one attached hydrogen (secondary N) is 1. The van der Waals surface area contributed by atoms with Crippen LogP contribution in [0.3, 0.4) is 0 Å². The molecule has 6 heteroatoms. The van der Waals surface area contributed by atoms with Crippen molar-refractivity contribution in [1.82, 2.24) is 0 Å². The summed E-state index contributed by atoms with van der Waals surface area (Å²) >= 11 is 0. The molecule has 120 valence electrons. The van der Waals surface area contributed by atoms with E-state index in [-0.39, 0.29) is 5.69 Å². The Morgan fingerprint density at radius 3 is 2.52 bits per heavy atom. The van der Waals surface area contributed by atoms with Gasteiger partial charge in [0.1, 0.15) is 11.6 Å². The second-order valence-corrected chi connectivity index (χ2v) is 5.07. The third-order valence-electron chi connectivity index (χ3n) is 3.14. The molecule has 1 amide bonds. The van der Waals surface area contributed by atoms with Crippen molar-refractivity contribution in [2.24, 2.45) is 0 Å². The summed E-state index contributed by atoms with van der Waals surface area (Å²) in [4.78, 5) is 23.6. The Labute approximate surface area is 132 Å². The van der Waals surface area contributed by atoms with Crippen molar-refractivity contribution in [2.75, 3.05) is 11.9 Å². The first-order valence-electron chi connectivity index (χ1n) is 6.86. The van der Waals surface area contributed by atoms with Gasteiger partial charge in [-0.15, -0.1) is 0 Å². The van der Waals surface area contributed by atoms with Crippen molar-refractivity contribution in [2.45, 2.75) is 13.8 Å². The number of anilines is 1. The fourth-order valence-electron chi connectivity index (χ4n) is 2.03. The quantitative estimate of drug-likeness (QED) is 0.879. The second kappa shape index (κ2) is 7.00. The third kappa shape index (κ3) is 4.35. The van der Waals surface area contributed by atoms with E-state index < -0.39 is 30.1 Å². The second-order valence-electron chi connectivity index (χ2n) is 5.07. The summed E-state index contributed by atoms with van der Waals surface area (Å²) in [6.45, 7) is 3.05. The summed E-state index contributed by atoms with van der Waals surface area (Å²) in [5.41, 5.74) is 1.77. The molecule has 0 fully saturated rings. The lowest BCUT2D eigenvalue weighted by molar-refractivity contribution is -0.119. The SMILES string of the molecule is Cc1ccc(C(=O)OCC(=O)Nc2cc(F)ccc2F)c(C)c1. The van der Waals surface area contributed by atoms with E-state index in [0.29, 0.717) is 5.56 Å². The summed E-state index contributed by atoms with van der Waals surface area (Å²) in [6.07, 6.45) is 0. The lowest BCUT2D eigenvalue weighted by Gasteiger charge is -2.09. The zero-order valence-corrected chi connectivity index (χ0v) is 12.7. The lowest BCUT2D eigenvalue weighted by Crippen LogP contribution is -2.21. The van der Waals surface area contributed by atoms with Crippen LogP contribution in [0.15, 0.2) is 36.4 Å². The van der Waals surface area contributed by atoms with E-state index in [1.165, 1.54) is 0 Å². The normalized spacial score (nSPS) is 10.3. The molecule has 0 aliphatic rings. The van der Waals surface area contributed by atoms with E-state index in [9.17, 15) is 18.4 Å². The lowest BCUT2D eigenvalue weighted by atomic mass is 10.1. The van der Waals surface area contributed by atoms with Crippen molar-refractivity contribution >= 4 is 17.6 Å². The van der Waals surface area contributed by atoms with Crippen molar-refractivity contribution in [1.29, 1.82) is 0 Å². The van der Waals surface area contributed by atoms with Gasteiger partial charge in [-0.3, -0.25) is 4.79 Å². The van der Waals surface area contributed by atoms with E-state index in [1.54, 1.807) is 19.1 Å². The number of hydrogen-bond donors (Lipinski definition) is 1. The molecule has 0 radical (unpaired) electrons. The van der Waals surface area contributed by atoms with Crippen LogP contribution in [-0.2, 0) is 9.53 Å². The van der Waals surface area contributed by atoms with Gasteiger partial charge in [-0.2, -0.15) is 0 Å². The average molecular weight is 319 g/mol. The maximum Gasteiger partial charge on any atom is 0.338 e. The highest BCUT2D eigenvalue weighted by Crippen LogP contribution is 2.15. The molecule has 0 atom stereocenters. The van der Waals surface area contributed by atoms with Gasteiger partial charge in [-0.05, 0) is 37.6 Å². The van der Waals surface area contributed by atoms with Gasteiger partial charge in [0.25, 0.3) is 5.91 Å². The van der Waals surface area contributed by atoms with Gasteiger partial charge in [0.15, 0.2) is 6.61 Å². The molecule has 0 heterocycles. The Morgan fingerprint density at radius 2 is 1.83 bits per heavy atom. The van der Waals surface area contributed by atoms with Crippen LogP contribution in [0, 0.1) is 25.5 Å². The summed E-state index contributed by atoms with van der Waals surface area (Å²) in [7, 11) is 0. The minimum atomic E-state index is -0.777. The number of rotatable bonds is 4. The maximum absolute atomic E-state index is 13.4. The minimum Gasteiger partial charge on any atom is -0.452 e. The molecular formula is C17H15F2NO3. The smallest absolute Gasteiger partial charge is 0.338 e. The molecule has 23 heavy (non-hydrogen) atoms. The third-order valence-corrected chi connectivity index (χ3v) is 3.14. The Bertz CT molecular complexity index is 759. The van der Waals surface area contributed by atoms with E-state index in [0.717, 1.165) is 29.3 Å². The van der Waals surface area contributed by atoms with E-state index in [1.807, 2.05) is 13.0 Å². The Morgan fingerprint density at radius 1 is 1.09 bits per heavy atom. The number of esters is 1. The molecule has 0 bridgehead atoms. The first-order chi connectivity index (χ1) is 10.9. The number of hydrogen-bond acceptors (Lipinski definition) is 3. The average Bonchev–Trinajstić information content (AvgIpc) is 2.48. The van der Waals surface area contributed by atoms with E-state index in [2.05, 4.69) is 5.32 Å². The van der Waals surface area contributed by atoms with Crippen molar-refractivity contribution in [3.05, 3.63) is 64.7 Å².